The Bertz CT molecular complexity index is 473. The smallest absolute Gasteiger partial charge is 0.119 e. The Morgan fingerprint density at radius 1 is 0.950 bits per heavy atom. The Morgan fingerprint density at radius 3 is 2.50 bits per heavy atom. The molecule has 20 heavy (non-hydrogen) atoms. The highest BCUT2D eigenvalue weighted by Gasteiger charge is 1.98. The summed E-state index contributed by atoms with van der Waals surface area (Å²) in [6.07, 6.45) is 5.94. The Balaban J connectivity index is 1.78. The third-order valence-corrected chi connectivity index (χ3v) is 3.37. The van der Waals surface area contributed by atoms with Gasteiger partial charge in [0, 0.05) is 0 Å². The number of benzene rings is 2. The largest absolute Gasteiger partial charge is 0.494 e. The van der Waals surface area contributed by atoms with Crippen LogP contribution < -0.4 is 4.74 Å². The number of ether oxygens (including phenoxy) is 1. The summed E-state index contributed by atoms with van der Waals surface area (Å²) in [5, 5.41) is 0. The fraction of sp³-hybridized carbons (Fsp3) is 0.368. The molecule has 1 nitrogen and oxygen atoms in total. The lowest BCUT2D eigenvalue weighted by molar-refractivity contribution is 0.305. The minimum absolute atomic E-state index is 0.826. The van der Waals surface area contributed by atoms with E-state index >= 15 is 0 Å². The van der Waals surface area contributed by atoms with Gasteiger partial charge in [-0.3, -0.25) is 0 Å². The minimum atomic E-state index is 0.826. The van der Waals surface area contributed by atoms with Crippen molar-refractivity contribution in [3.05, 3.63) is 65.7 Å². The molecule has 0 saturated heterocycles. The van der Waals surface area contributed by atoms with Crippen molar-refractivity contribution in [2.45, 2.75) is 39.0 Å². The predicted octanol–water partition coefficient (Wildman–Crippen LogP) is 5.04. The maximum absolute atomic E-state index is 5.75. The Morgan fingerprint density at radius 2 is 1.80 bits per heavy atom. The van der Waals surface area contributed by atoms with Crippen LogP contribution in [0.15, 0.2) is 48.5 Å². The fourth-order valence-corrected chi connectivity index (χ4v) is 2.20. The summed E-state index contributed by atoms with van der Waals surface area (Å²) in [5.74, 6) is 0.977. The van der Waals surface area contributed by atoms with Crippen molar-refractivity contribution < 1.29 is 4.74 Å². The van der Waals surface area contributed by atoms with E-state index in [-0.39, 0.29) is 0 Å². The standard InChI is InChI=1S/C19H23O/c1-2-3-4-8-15-20-19-13-11-18(12-14-19)16-17-9-6-5-7-10-17/h5-6,9-14H,2-4,8,15-16H2,1H3. The average molecular weight is 267 g/mol. The molecule has 2 aromatic carbocycles. The Labute approximate surface area is 122 Å². The lowest BCUT2D eigenvalue weighted by Crippen LogP contribution is -1.97. The van der Waals surface area contributed by atoms with E-state index in [1.54, 1.807) is 0 Å². The van der Waals surface area contributed by atoms with Gasteiger partial charge in [-0.1, -0.05) is 62.6 Å². The highest BCUT2D eigenvalue weighted by atomic mass is 16.5. The van der Waals surface area contributed by atoms with E-state index in [0.717, 1.165) is 25.2 Å². The first-order valence-electron chi connectivity index (χ1n) is 7.55. The van der Waals surface area contributed by atoms with Crippen molar-refractivity contribution in [2.75, 3.05) is 6.61 Å². The maximum atomic E-state index is 5.75. The molecule has 0 bridgehead atoms. The Kier molecular flexibility index (Phi) is 6.16. The van der Waals surface area contributed by atoms with E-state index in [2.05, 4.69) is 43.3 Å². The molecule has 2 rings (SSSR count). The van der Waals surface area contributed by atoms with E-state index in [4.69, 9.17) is 4.74 Å². The quantitative estimate of drug-likeness (QED) is 0.609. The van der Waals surface area contributed by atoms with Gasteiger partial charge in [0.15, 0.2) is 0 Å². The molecule has 0 N–H and O–H groups in total. The average Bonchev–Trinajstić information content (AvgIpc) is 2.50. The van der Waals surface area contributed by atoms with E-state index in [1.165, 1.54) is 30.4 Å². The van der Waals surface area contributed by atoms with Crippen LogP contribution in [-0.2, 0) is 6.42 Å². The fourth-order valence-electron chi connectivity index (χ4n) is 2.20. The summed E-state index contributed by atoms with van der Waals surface area (Å²) < 4.78 is 5.75. The zero-order valence-corrected chi connectivity index (χ0v) is 12.3. The number of hydrogen-bond donors (Lipinski definition) is 0. The van der Waals surface area contributed by atoms with E-state index in [1.807, 2.05) is 18.2 Å². The van der Waals surface area contributed by atoms with Crippen molar-refractivity contribution in [2.24, 2.45) is 0 Å². The molecule has 1 radical (unpaired) electrons. The minimum Gasteiger partial charge on any atom is -0.494 e. The summed E-state index contributed by atoms with van der Waals surface area (Å²) in [4.78, 5) is 0. The van der Waals surface area contributed by atoms with Crippen LogP contribution in [0.25, 0.3) is 0 Å². The first-order chi connectivity index (χ1) is 9.88. The van der Waals surface area contributed by atoms with Gasteiger partial charge < -0.3 is 4.74 Å². The van der Waals surface area contributed by atoms with Crippen LogP contribution >= 0.6 is 0 Å². The van der Waals surface area contributed by atoms with Gasteiger partial charge in [-0.25, -0.2) is 0 Å². The molecule has 0 aliphatic carbocycles. The molecule has 0 amide bonds. The van der Waals surface area contributed by atoms with E-state index < -0.39 is 0 Å². The molecule has 0 spiro atoms. The molecule has 0 aliphatic heterocycles. The molecule has 0 heterocycles. The third-order valence-electron chi connectivity index (χ3n) is 3.37. The van der Waals surface area contributed by atoms with Crippen LogP contribution in [0.3, 0.4) is 0 Å². The molecule has 0 aliphatic rings. The monoisotopic (exact) mass is 267 g/mol. The zero-order chi connectivity index (χ0) is 14.0. The topological polar surface area (TPSA) is 9.23 Å². The second kappa shape index (κ2) is 8.42. The number of hydrogen-bond acceptors (Lipinski definition) is 1. The van der Waals surface area contributed by atoms with Crippen LogP contribution in [-0.4, -0.2) is 6.61 Å². The molecular formula is C19H23O. The first kappa shape index (κ1) is 14.6. The summed E-state index contributed by atoms with van der Waals surface area (Å²) in [5.41, 5.74) is 2.60. The van der Waals surface area contributed by atoms with Gasteiger partial charge in [-0.05, 0) is 42.2 Å². The van der Waals surface area contributed by atoms with Crippen molar-refractivity contribution in [3.8, 4) is 5.75 Å². The van der Waals surface area contributed by atoms with Crippen LogP contribution in [0.2, 0.25) is 0 Å². The van der Waals surface area contributed by atoms with Gasteiger partial charge in [0.05, 0.1) is 6.61 Å². The molecule has 0 saturated carbocycles. The number of unbranched alkanes of at least 4 members (excludes halogenated alkanes) is 3. The summed E-state index contributed by atoms with van der Waals surface area (Å²) in [6.45, 7) is 3.05. The van der Waals surface area contributed by atoms with Crippen LogP contribution in [0, 0.1) is 6.07 Å². The van der Waals surface area contributed by atoms with Gasteiger partial charge in [0.1, 0.15) is 5.75 Å². The molecule has 1 heteroatoms. The highest BCUT2D eigenvalue weighted by molar-refractivity contribution is 5.31. The van der Waals surface area contributed by atoms with Gasteiger partial charge in [-0.2, -0.15) is 0 Å². The van der Waals surface area contributed by atoms with Crippen LogP contribution in [0.1, 0.15) is 43.7 Å². The van der Waals surface area contributed by atoms with Gasteiger partial charge in [-0.15, -0.1) is 0 Å². The molecule has 105 valence electrons. The molecule has 0 atom stereocenters. The normalized spacial score (nSPS) is 10.4. The van der Waals surface area contributed by atoms with Crippen LogP contribution in [0.5, 0.6) is 5.75 Å². The lowest BCUT2D eigenvalue weighted by Gasteiger charge is -2.07. The molecule has 0 fully saturated rings. The second-order valence-electron chi connectivity index (χ2n) is 5.14. The molecule has 2 aromatic rings. The van der Waals surface area contributed by atoms with Gasteiger partial charge >= 0.3 is 0 Å². The Hall–Kier alpha value is -1.76. The molecular weight excluding hydrogens is 244 g/mol. The SMILES string of the molecule is CCCCCCOc1ccc(Cc2c[c]ccc2)cc1. The van der Waals surface area contributed by atoms with Crippen LogP contribution in [0.4, 0.5) is 0 Å². The van der Waals surface area contributed by atoms with E-state index in [9.17, 15) is 0 Å². The summed E-state index contributed by atoms with van der Waals surface area (Å²) >= 11 is 0. The van der Waals surface area contributed by atoms with Crippen molar-refractivity contribution in [1.82, 2.24) is 0 Å². The summed E-state index contributed by atoms with van der Waals surface area (Å²) in [7, 11) is 0. The maximum Gasteiger partial charge on any atom is 0.119 e. The third kappa shape index (κ3) is 5.08. The highest BCUT2D eigenvalue weighted by Crippen LogP contribution is 2.15. The summed E-state index contributed by atoms with van der Waals surface area (Å²) in [6, 6.07) is 19.7. The predicted molar refractivity (Wildman–Crippen MR) is 84.2 cm³/mol. The van der Waals surface area contributed by atoms with Gasteiger partial charge in [0.25, 0.3) is 0 Å². The lowest BCUT2D eigenvalue weighted by atomic mass is 10.1. The second-order valence-corrected chi connectivity index (χ2v) is 5.14. The first-order valence-corrected chi connectivity index (χ1v) is 7.55. The van der Waals surface area contributed by atoms with E-state index in [0.29, 0.717) is 0 Å². The van der Waals surface area contributed by atoms with Gasteiger partial charge in [0.2, 0.25) is 0 Å². The molecule has 0 aromatic heterocycles. The van der Waals surface area contributed by atoms with Crippen molar-refractivity contribution in [1.29, 1.82) is 0 Å². The zero-order valence-electron chi connectivity index (χ0n) is 12.3. The van der Waals surface area contributed by atoms with Crippen molar-refractivity contribution in [3.63, 3.8) is 0 Å². The van der Waals surface area contributed by atoms with Crippen molar-refractivity contribution >= 4 is 0 Å². The molecule has 0 unspecified atom stereocenters. The number of rotatable bonds is 8.